The summed E-state index contributed by atoms with van der Waals surface area (Å²) in [5.41, 5.74) is 0.346. The first-order chi connectivity index (χ1) is 7.72. The number of hydrogen-bond donors (Lipinski definition) is 1. The van der Waals surface area contributed by atoms with Crippen molar-refractivity contribution in [2.75, 3.05) is 6.61 Å². The van der Waals surface area contributed by atoms with Gasteiger partial charge in [0.15, 0.2) is 16.5 Å². The lowest BCUT2D eigenvalue weighted by atomic mass is 10.4. The number of aryl methyl sites for hydroxylation is 1. The second-order valence-corrected chi connectivity index (χ2v) is 4.18. The van der Waals surface area contributed by atoms with Gasteiger partial charge in [-0.25, -0.2) is 14.8 Å². The lowest BCUT2D eigenvalue weighted by Gasteiger charge is -1.97. The van der Waals surface area contributed by atoms with Crippen molar-refractivity contribution in [3.63, 3.8) is 0 Å². The van der Waals surface area contributed by atoms with E-state index in [1.807, 2.05) is 6.92 Å². The van der Waals surface area contributed by atoms with Gasteiger partial charge in [-0.1, -0.05) is 0 Å². The van der Waals surface area contributed by atoms with E-state index in [1.54, 1.807) is 6.92 Å². The number of nitrogens with zero attached hydrogens (tertiary/aromatic N) is 3. The van der Waals surface area contributed by atoms with Crippen LogP contribution in [-0.2, 0) is 4.74 Å². The summed E-state index contributed by atoms with van der Waals surface area (Å²) >= 11 is 1.38. The first-order valence-electron chi connectivity index (χ1n) is 4.72. The highest BCUT2D eigenvalue weighted by molar-refractivity contribution is 7.15. The predicted octanol–water partition coefficient (Wildman–Crippen LogP) is 1.41. The Labute approximate surface area is 95.7 Å². The lowest BCUT2D eigenvalue weighted by molar-refractivity contribution is 0.0519. The third kappa shape index (κ3) is 1.94. The van der Waals surface area contributed by atoms with Crippen LogP contribution in [0.5, 0.6) is 0 Å². The van der Waals surface area contributed by atoms with Crippen LogP contribution in [0.4, 0.5) is 0 Å². The second kappa shape index (κ2) is 4.40. The van der Waals surface area contributed by atoms with Gasteiger partial charge >= 0.3 is 5.97 Å². The normalized spacial score (nSPS) is 10.4. The fraction of sp³-hybridized carbons (Fsp3) is 0.333. The van der Waals surface area contributed by atoms with Gasteiger partial charge in [-0.3, -0.25) is 5.10 Å². The molecule has 0 unspecified atom stereocenters. The minimum absolute atomic E-state index is 0.341. The fourth-order valence-corrected chi connectivity index (χ4v) is 2.04. The van der Waals surface area contributed by atoms with E-state index in [2.05, 4.69) is 20.2 Å². The van der Waals surface area contributed by atoms with E-state index in [1.165, 1.54) is 17.7 Å². The summed E-state index contributed by atoms with van der Waals surface area (Å²) in [6, 6.07) is 0. The summed E-state index contributed by atoms with van der Waals surface area (Å²) in [6.07, 6.45) is 1.40. The molecule has 2 aromatic heterocycles. The zero-order chi connectivity index (χ0) is 11.5. The summed E-state index contributed by atoms with van der Waals surface area (Å²) in [6.45, 7) is 3.92. The van der Waals surface area contributed by atoms with Gasteiger partial charge in [0.1, 0.15) is 6.33 Å². The molecule has 84 valence electrons. The van der Waals surface area contributed by atoms with Crippen molar-refractivity contribution in [1.82, 2.24) is 20.2 Å². The van der Waals surface area contributed by atoms with Crippen LogP contribution in [0, 0.1) is 6.92 Å². The zero-order valence-electron chi connectivity index (χ0n) is 8.85. The van der Waals surface area contributed by atoms with Crippen molar-refractivity contribution < 1.29 is 9.53 Å². The van der Waals surface area contributed by atoms with Gasteiger partial charge in [0.2, 0.25) is 0 Å². The van der Waals surface area contributed by atoms with Crippen LogP contribution in [0.1, 0.15) is 22.3 Å². The van der Waals surface area contributed by atoms with Crippen LogP contribution >= 0.6 is 11.3 Å². The highest BCUT2D eigenvalue weighted by Gasteiger charge is 2.18. The summed E-state index contributed by atoms with van der Waals surface area (Å²) in [4.78, 5) is 20.5. The molecular weight excluding hydrogens is 228 g/mol. The monoisotopic (exact) mass is 238 g/mol. The van der Waals surface area contributed by atoms with E-state index < -0.39 is 5.97 Å². The molecule has 0 atom stereocenters. The minimum atomic E-state index is -0.401. The molecular formula is C9H10N4O2S. The number of H-pyrrole nitrogens is 1. The molecule has 2 heterocycles. The summed E-state index contributed by atoms with van der Waals surface area (Å²) in [5, 5.41) is 7.07. The predicted molar refractivity (Wildman–Crippen MR) is 58.2 cm³/mol. The molecule has 0 amide bonds. The number of aromatic amines is 1. The number of esters is 1. The third-order valence-corrected chi connectivity index (χ3v) is 2.86. The van der Waals surface area contributed by atoms with Crippen molar-refractivity contribution in [2.45, 2.75) is 13.8 Å². The molecule has 16 heavy (non-hydrogen) atoms. The summed E-state index contributed by atoms with van der Waals surface area (Å²) < 4.78 is 4.90. The largest absolute Gasteiger partial charge is 0.461 e. The maximum atomic E-state index is 11.5. The van der Waals surface area contributed by atoms with Gasteiger partial charge in [-0.15, -0.1) is 11.3 Å². The van der Waals surface area contributed by atoms with Crippen LogP contribution in [-0.4, -0.2) is 32.7 Å². The van der Waals surface area contributed by atoms with Gasteiger partial charge in [0.05, 0.1) is 6.61 Å². The number of ether oxygens (including phenoxy) is 1. The van der Waals surface area contributed by atoms with Gasteiger partial charge in [-0.05, 0) is 13.8 Å². The molecule has 0 aliphatic rings. The number of hydrogen-bond acceptors (Lipinski definition) is 6. The molecule has 2 aromatic rings. The standard InChI is InChI=1S/C9H10N4O2S/c1-3-15-9(14)6-5(2)16-8(12-6)7-10-4-11-13-7/h4H,3H2,1-2H3,(H,10,11,13). The Kier molecular flexibility index (Phi) is 2.95. The SMILES string of the molecule is CCOC(=O)c1nc(-c2ncn[nH]2)sc1C. The quantitative estimate of drug-likeness (QED) is 0.818. The number of carbonyl (C=O) groups excluding carboxylic acids is 1. The zero-order valence-corrected chi connectivity index (χ0v) is 9.67. The molecule has 2 rings (SSSR count). The first-order valence-corrected chi connectivity index (χ1v) is 5.54. The van der Waals surface area contributed by atoms with E-state index in [-0.39, 0.29) is 0 Å². The molecule has 0 bridgehead atoms. The number of nitrogens with one attached hydrogen (secondary N) is 1. The molecule has 0 radical (unpaired) electrons. The number of aromatic nitrogens is 4. The molecule has 0 fully saturated rings. The average Bonchev–Trinajstić information content (AvgIpc) is 2.86. The third-order valence-electron chi connectivity index (χ3n) is 1.88. The number of thiazole rings is 1. The van der Waals surface area contributed by atoms with E-state index in [0.29, 0.717) is 23.1 Å². The van der Waals surface area contributed by atoms with Crippen molar-refractivity contribution in [2.24, 2.45) is 0 Å². The number of rotatable bonds is 3. The van der Waals surface area contributed by atoms with Crippen molar-refractivity contribution in [3.05, 3.63) is 16.9 Å². The lowest BCUT2D eigenvalue weighted by Crippen LogP contribution is -2.06. The second-order valence-electron chi connectivity index (χ2n) is 2.98. The van der Waals surface area contributed by atoms with E-state index in [4.69, 9.17) is 4.74 Å². The molecule has 0 saturated carbocycles. The summed E-state index contributed by atoms with van der Waals surface area (Å²) in [7, 11) is 0. The van der Waals surface area contributed by atoms with Gasteiger partial charge < -0.3 is 4.74 Å². The van der Waals surface area contributed by atoms with Gasteiger partial charge in [0.25, 0.3) is 0 Å². The maximum absolute atomic E-state index is 11.5. The minimum Gasteiger partial charge on any atom is -0.461 e. The molecule has 0 aliphatic carbocycles. The Hall–Kier alpha value is -1.76. The molecule has 1 N–H and O–H groups in total. The van der Waals surface area contributed by atoms with E-state index in [0.717, 1.165) is 4.88 Å². The Morgan fingerprint density at radius 3 is 3.06 bits per heavy atom. The van der Waals surface area contributed by atoms with Crippen LogP contribution in [0.15, 0.2) is 6.33 Å². The highest BCUT2D eigenvalue weighted by atomic mass is 32.1. The fourth-order valence-electron chi connectivity index (χ4n) is 1.20. The Morgan fingerprint density at radius 1 is 1.62 bits per heavy atom. The average molecular weight is 238 g/mol. The van der Waals surface area contributed by atoms with Crippen LogP contribution in [0.3, 0.4) is 0 Å². The van der Waals surface area contributed by atoms with E-state index in [9.17, 15) is 4.79 Å². The van der Waals surface area contributed by atoms with Gasteiger partial charge in [0, 0.05) is 4.88 Å². The number of carbonyl (C=O) groups is 1. The molecule has 7 heteroatoms. The Morgan fingerprint density at radius 2 is 2.44 bits per heavy atom. The molecule has 0 saturated heterocycles. The summed E-state index contributed by atoms with van der Waals surface area (Å²) in [5.74, 6) is 0.158. The van der Waals surface area contributed by atoms with Crippen molar-refractivity contribution in [1.29, 1.82) is 0 Å². The highest BCUT2D eigenvalue weighted by Crippen LogP contribution is 2.24. The molecule has 0 spiro atoms. The van der Waals surface area contributed by atoms with E-state index >= 15 is 0 Å². The Balaban J connectivity index is 2.32. The van der Waals surface area contributed by atoms with Crippen molar-refractivity contribution in [3.8, 4) is 10.8 Å². The first kappa shape index (κ1) is 10.7. The Bertz CT molecular complexity index is 492. The van der Waals surface area contributed by atoms with Crippen LogP contribution in [0.2, 0.25) is 0 Å². The van der Waals surface area contributed by atoms with Crippen molar-refractivity contribution >= 4 is 17.3 Å². The molecule has 0 aliphatic heterocycles. The van der Waals surface area contributed by atoms with Crippen LogP contribution < -0.4 is 0 Å². The molecule has 6 nitrogen and oxygen atoms in total. The smallest absolute Gasteiger partial charge is 0.358 e. The van der Waals surface area contributed by atoms with Crippen LogP contribution in [0.25, 0.3) is 10.8 Å². The molecule has 0 aromatic carbocycles. The maximum Gasteiger partial charge on any atom is 0.358 e. The topological polar surface area (TPSA) is 80.8 Å². The van der Waals surface area contributed by atoms with Gasteiger partial charge in [-0.2, -0.15) is 5.10 Å².